The molecule has 310 valence electrons. The molecule has 1 heterocycles. The summed E-state index contributed by atoms with van der Waals surface area (Å²) in [4.78, 5) is 14.7. The molecule has 0 amide bonds. The summed E-state index contributed by atoms with van der Waals surface area (Å²) in [5.74, 6) is 0. The second kappa shape index (κ2) is 19.3. The molecule has 0 unspecified atom stereocenters. The molecule has 1 aliphatic carbocycles. The van der Waals surface area contributed by atoms with Crippen molar-refractivity contribution in [3.8, 4) is 5.69 Å². The number of rotatable bonds is 17. The number of unbranched alkanes of at least 4 members (excludes halogenated alkanes) is 5. The highest BCUT2D eigenvalue weighted by Gasteiger charge is 2.24. The minimum atomic E-state index is 0.836. The number of hydrogen-bond donors (Lipinski definition) is 3. The number of allylic oxidation sites excluding steroid dienone is 3. The fraction of sp³-hybridized carbons (Fsp3) is 0.327. The molecule has 0 saturated heterocycles. The first kappa shape index (κ1) is 42.0. The van der Waals surface area contributed by atoms with Gasteiger partial charge >= 0.3 is 0 Å². The maximum Gasteiger partial charge on any atom is 0.242 e. The summed E-state index contributed by atoms with van der Waals surface area (Å²) >= 11 is 0. The zero-order chi connectivity index (χ0) is 42.2. The molecule has 0 bridgehead atoms. The number of aliphatic imine (C=N–C) groups is 1. The van der Waals surface area contributed by atoms with Crippen LogP contribution in [0, 0.1) is 20.8 Å². The number of aryl methyl sites for hydroxylation is 3. The third-order valence-electron chi connectivity index (χ3n) is 11.6. The lowest BCUT2D eigenvalue weighted by Crippen LogP contribution is -2.34. The second-order valence-electron chi connectivity index (χ2n) is 16.7. The van der Waals surface area contributed by atoms with Crippen molar-refractivity contribution in [2.24, 2.45) is 4.99 Å². The van der Waals surface area contributed by atoms with Gasteiger partial charge < -0.3 is 25.8 Å². The summed E-state index contributed by atoms with van der Waals surface area (Å²) < 4.78 is 2.39. The molecule has 0 spiro atoms. The van der Waals surface area contributed by atoms with Crippen molar-refractivity contribution in [2.75, 3.05) is 61.7 Å². The van der Waals surface area contributed by atoms with Crippen LogP contribution in [0.25, 0.3) is 27.8 Å². The van der Waals surface area contributed by atoms with E-state index in [4.69, 9.17) is 9.98 Å². The first-order valence-electron chi connectivity index (χ1n) is 21.7. The lowest BCUT2D eigenvalue weighted by atomic mass is 10.0. The van der Waals surface area contributed by atoms with Crippen molar-refractivity contribution >= 4 is 61.9 Å². The van der Waals surface area contributed by atoms with Gasteiger partial charge in [-0.15, -0.1) is 4.57 Å². The summed E-state index contributed by atoms with van der Waals surface area (Å²) in [5, 5.41) is 11.1. The smallest absolute Gasteiger partial charge is 0.242 e. The molecular formula is C52H63N8+. The Morgan fingerprint density at radius 1 is 0.633 bits per heavy atom. The zero-order valence-corrected chi connectivity index (χ0v) is 37.0. The maximum atomic E-state index is 5.16. The summed E-state index contributed by atoms with van der Waals surface area (Å²) in [5.41, 5.74) is 19.3. The Morgan fingerprint density at radius 3 is 1.95 bits per heavy atom. The Hall–Kier alpha value is -6.15. The SMILES string of the molecule is CC1=C(NCCCCCCCCNc2ccc3nc4cc(C)c(N(C)C)cc4[n+](-c4ccccc4)c3c2C)C=CC(=Nc2cc(C)c(N(C)C)cc2Nc2ccccc2)C1. The molecule has 0 atom stereocenters. The van der Waals surface area contributed by atoms with Crippen LogP contribution in [0.4, 0.5) is 34.1 Å². The maximum absolute atomic E-state index is 5.16. The third-order valence-corrected chi connectivity index (χ3v) is 11.6. The number of para-hydroxylation sites is 2. The number of nitrogens with zero attached hydrogens (tertiary/aromatic N) is 5. The van der Waals surface area contributed by atoms with Gasteiger partial charge in [0.25, 0.3) is 0 Å². The van der Waals surface area contributed by atoms with Gasteiger partial charge in [0, 0.05) is 106 Å². The van der Waals surface area contributed by atoms with Gasteiger partial charge in [-0.1, -0.05) is 62.1 Å². The molecule has 7 rings (SSSR count). The predicted molar refractivity (Wildman–Crippen MR) is 258 cm³/mol. The van der Waals surface area contributed by atoms with Crippen LogP contribution in [-0.2, 0) is 0 Å². The van der Waals surface area contributed by atoms with Crippen LogP contribution < -0.4 is 30.3 Å². The number of aromatic nitrogens is 2. The average molecular weight is 800 g/mol. The summed E-state index contributed by atoms with van der Waals surface area (Å²) in [6, 6.07) is 34.3. The summed E-state index contributed by atoms with van der Waals surface area (Å²) in [6.07, 6.45) is 12.5. The van der Waals surface area contributed by atoms with E-state index < -0.39 is 0 Å². The van der Waals surface area contributed by atoms with Gasteiger partial charge in [-0.2, -0.15) is 0 Å². The van der Waals surface area contributed by atoms with Gasteiger partial charge in [-0.05, 0) is 112 Å². The largest absolute Gasteiger partial charge is 0.385 e. The fourth-order valence-electron chi connectivity index (χ4n) is 8.39. The lowest BCUT2D eigenvalue weighted by Gasteiger charge is -2.20. The molecule has 5 aromatic carbocycles. The topological polar surface area (TPSA) is 71.7 Å². The summed E-state index contributed by atoms with van der Waals surface area (Å²) in [6.45, 7) is 10.7. The molecule has 8 nitrogen and oxygen atoms in total. The highest BCUT2D eigenvalue weighted by molar-refractivity contribution is 6.01. The van der Waals surface area contributed by atoms with Gasteiger partial charge in [-0.25, -0.2) is 4.98 Å². The van der Waals surface area contributed by atoms with Crippen LogP contribution in [-0.4, -0.2) is 52.0 Å². The average Bonchev–Trinajstić information content (AvgIpc) is 3.23. The Balaban J connectivity index is 0.884. The van der Waals surface area contributed by atoms with E-state index in [9.17, 15) is 0 Å². The Bertz CT molecular complexity index is 2530. The molecule has 1 aliphatic rings. The van der Waals surface area contributed by atoms with Gasteiger partial charge in [0.1, 0.15) is 11.0 Å². The molecular weight excluding hydrogens is 737 g/mol. The molecule has 8 heteroatoms. The van der Waals surface area contributed by atoms with E-state index in [1.165, 1.54) is 77.1 Å². The molecule has 0 radical (unpaired) electrons. The lowest BCUT2D eigenvalue weighted by molar-refractivity contribution is -0.538. The molecule has 60 heavy (non-hydrogen) atoms. The number of fused-ring (bicyclic) bond motifs is 2. The van der Waals surface area contributed by atoms with Crippen molar-refractivity contribution < 1.29 is 4.57 Å². The van der Waals surface area contributed by atoms with Crippen LogP contribution >= 0.6 is 0 Å². The van der Waals surface area contributed by atoms with Crippen LogP contribution in [0.1, 0.15) is 68.6 Å². The molecule has 1 aromatic heterocycles. The first-order valence-corrected chi connectivity index (χ1v) is 21.7. The van der Waals surface area contributed by atoms with E-state index in [-0.39, 0.29) is 0 Å². The van der Waals surface area contributed by atoms with E-state index in [2.05, 4.69) is 189 Å². The van der Waals surface area contributed by atoms with Gasteiger partial charge in [0.05, 0.1) is 11.4 Å². The number of anilines is 5. The van der Waals surface area contributed by atoms with Crippen molar-refractivity contribution in [2.45, 2.75) is 72.6 Å². The monoisotopic (exact) mass is 800 g/mol. The van der Waals surface area contributed by atoms with Gasteiger partial charge in [-0.3, -0.25) is 4.99 Å². The Kier molecular flexibility index (Phi) is 13.5. The van der Waals surface area contributed by atoms with E-state index >= 15 is 0 Å². The quantitative estimate of drug-likeness (QED) is 0.0485. The Morgan fingerprint density at radius 2 is 1.27 bits per heavy atom. The van der Waals surface area contributed by atoms with Crippen molar-refractivity contribution in [3.05, 3.63) is 137 Å². The van der Waals surface area contributed by atoms with Crippen LogP contribution in [0.3, 0.4) is 0 Å². The predicted octanol–water partition coefficient (Wildman–Crippen LogP) is 11.8. The molecule has 0 saturated carbocycles. The van der Waals surface area contributed by atoms with E-state index in [0.717, 1.165) is 76.5 Å². The van der Waals surface area contributed by atoms with Gasteiger partial charge in [0.15, 0.2) is 0 Å². The summed E-state index contributed by atoms with van der Waals surface area (Å²) in [7, 11) is 8.38. The molecule has 0 aliphatic heterocycles. The number of hydrogen-bond acceptors (Lipinski definition) is 7. The second-order valence-corrected chi connectivity index (χ2v) is 16.7. The van der Waals surface area contributed by atoms with E-state index in [1.54, 1.807) is 0 Å². The molecule has 6 aromatic rings. The number of benzene rings is 5. The van der Waals surface area contributed by atoms with Crippen LogP contribution in [0.15, 0.2) is 125 Å². The highest BCUT2D eigenvalue weighted by Crippen LogP contribution is 2.36. The third kappa shape index (κ3) is 9.82. The van der Waals surface area contributed by atoms with E-state index in [0.29, 0.717) is 0 Å². The normalized spacial score (nSPS) is 13.4. The van der Waals surface area contributed by atoms with Gasteiger partial charge in [0.2, 0.25) is 16.7 Å². The van der Waals surface area contributed by atoms with Crippen molar-refractivity contribution in [3.63, 3.8) is 0 Å². The number of nitrogens with one attached hydrogen (secondary N) is 3. The highest BCUT2D eigenvalue weighted by atomic mass is 15.1. The zero-order valence-electron chi connectivity index (χ0n) is 37.0. The van der Waals surface area contributed by atoms with Crippen molar-refractivity contribution in [1.29, 1.82) is 0 Å². The van der Waals surface area contributed by atoms with Crippen LogP contribution in [0.2, 0.25) is 0 Å². The molecule has 0 fully saturated rings. The Labute approximate surface area is 357 Å². The van der Waals surface area contributed by atoms with Crippen molar-refractivity contribution in [1.82, 2.24) is 10.3 Å². The first-order chi connectivity index (χ1) is 29.1. The standard InChI is InChI=1S/C52H62N8/c1-36-31-41(56-46-32-37(2)49(58(5)6)34-47(46)55-40-21-15-13-16-22-40)25-26-43(36)53-29-19-11-9-10-12-20-30-54-44-27-28-45-52(39(44)4)60(42-23-17-14-18-24-42)51-35-50(59(7)8)38(3)33-48(51)57-45/h13-18,21-28,32-35,53,55H,9-12,19-20,29-31H2,1-8H3/p+1. The molecule has 3 N–H and O–H groups in total. The van der Waals surface area contributed by atoms with E-state index in [1.807, 2.05) is 6.07 Å². The minimum Gasteiger partial charge on any atom is -0.385 e. The fourth-order valence-corrected chi connectivity index (χ4v) is 8.39. The van der Waals surface area contributed by atoms with Crippen LogP contribution in [0.5, 0.6) is 0 Å². The minimum absolute atomic E-state index is 0.836.